The number of hydrogen-bond acceptors (Lipinski definition) is 4. The van der Waals surface area contributed by atoms with Crippen molar-refractivity contribution in [1.29, 1.82) is 0 Å². The van der Waals surface area contributed by atoms with Gasteiger partial charge in [0.05, 0.1) is 15.0 Å². The van der Waals surface area contributed by atoms with E-state index < -0.39 is 0 Å². The van der Waals surface area contributed by atoms with Gasteiger partial charge in [-0.1, -0.05) is 12.0 Å². The minimum atomic E-state index is -0.379. The summed E-state index contributed by atoms with van der Waals surface area (Å²) in [7, 11) is 0. The maximum absolute atomic E-state index is 11.9. The monoisotopic (exact) mass is 385 g/mol. The van der Waals surface area contributed by atoms with Crippen LogP contribution in [-0.2, 0) is 4.79 Å². The predicted octanol–water partition coefficient (Wildman–Crippen LogP) is 2.67. The van der Waals surface area contributed by atoms with E-state index in [4.69, 9.17) is 6.42 Å². The largest absolute Gasteiger partial charge is 0.507 e. The molecule has 1 heterocycles. The number of carbonyl (C=O) groups excluding carboxylic acids is 2. The Morgan fingerprint density at radius 2 is 2.21 bits per heavy atom. The molecule has 0 aromatic heterocycles. The standard InChI is InChI=1S/C13H8INO3S/c1-2-5-15-12(17)11(19-13(15)18)7-8-3-4-10(16)9(14)6-8/h1,3-4,6-7,16H,5H2/b11-7-. The fraction of sp³-hybridized carbons (Fsp3) is 0.0769. The number of nitrogens with zero attached hydrogens (tertiary/aromatic N) is 1. The first-order chi connectivity index (χ1) is 9.02. The molecule has 1 fully saturated rings. The van der Waals surface area contributed by atoms with E-state index in [2.05, 4.69) is 5.92 Å². The number of amides is 2. The van der Waals surface area contributed by atoms with E-state index in [1.54, 1.807) is 24.3 Å². The van der Waals surface area contributed by atoms with Gasteiger partial charge in [-0.25, -0.2) is 0 Å². The van der Waals surface area contributed by atoms with E-state index in [1.165, 1.54) is 0 Å². The van der Waals surface area contributed by atoms with Crippen LogP contribution in [-0.4, -0.2) is 27.7 Å². The van der Waals surface area contributed by atoms with Crippen molar-refractivity contribution in [3.63, 3.8) is 0 Å². The first kappa shape index (κ1) is 14.0. The summed E-state index contributed by atoms with van der Waals surface area (Å²) >= 11 is 2.85. The highest BCUT2D eigenvalue weighted by Crippen LogP contribution is 2.32. The van der Waals surface area contributed by atoms with Crippen molar-refractivity contribution in [3.05, 3.63) is 32.2 Å². The van der Waals surface area contributed by atoms with Crippen LogP contribution in [0, 0.1) is 15.9 Å². The molecule has 1 aromatic rings. The first-order valence-corrected chi connectivity index (χ1v) is 7.10. The Balaban J connectivity index is 2.30. The molecule has 1 N–H and O–H groups in total. The zero-order valence-corrected chi connectivity index (χ0v) is 12.6. The molecule has 2 rings (SSSR count). The third-order valence-electron chi connectivity index (χ3n) is 2.39. The van der Waals surface area contributed by atoms with Gasteiger partial charge in [0.15, 0.2) is 0 Å². The average Bonchev–Trinajstić information content (AvgIpc) is 2.62. The zero-order chi connectivity index (χ0) is 14.0. The summed E-state index contributed by atoms with van der Waals surface area (Å²) in [5.41, 5.74) is 0.744. The summed E-state index contributed by atoms with van der Waals surface area (Å²) in [6.45, 7) is -0.0187. The van der Waals surface area contributed by atoms with Gasteiger partial charge in [-0.3, -0.25) is 14.5 Å². The minimum absolute atomic E-state index is 0.0187. The molecule has 19 heavy (non-hydrogen) atoms. The van der Waals surface area contributed by atoms with Crippen LogP contribution in [0.1, 0.15) is 5.56 Å². The van der Waals surface area contributed by atoms with Gasteiger partial charge in [-0.05, 0) is 58.1 Å². The third-order valence-corrected chi connectivity index (χ3v) is 4.16. The molecule has 0 spiro atoms. The summed E-state index contributed by atoms with van der Waals surface area (Å²) in [5.74, 6) is 2.08. The Bertz CT molecular complexity index is 633. The van der Waals surface area contributed by atoms with Crippen LogP contribution in [0.5, 0.6) is 5.75 Å². The molecule has 0 saturated carbocycles. The Labute approximate surface area is 128 Å². The summed E-state index contributed by atoms with van der Waals surface area (Å²) in [4.78, 5) is 24.9. The highest BCUT2D eigenvalue weighted by molar-refractivity contribution is 14.1. The van der Waals surface area contributed by atoms with Crippen molar-refractivity contribution in [1.82, 2.24) is 4.90 Å². The third kappa shape index (κ3) is 2.93. The molecule has 0 aliphatic carbocycles. The number of phenols is 1. The van der Waals surface area contributed by atoms with Crippen LogP contribution in [0.3, 0.4) is 0 Å². The number of rotatable bonds is 2. The molecule has 2 amide bonds. The molecule has 0 bridgehead atoms. The van der Waals surface area contributed by atoms with Crippen LogP contribution in [0.2, 0.25) is 0 Å². The Morgan fingerprint density at radius 3 is 2.84 bits per heavy atom. The van der Waals surface area contributed by atoms with E-state index in [1.807, 2.05) is 22.6 Å². The lowest BCUT2D eigenvalue weighted by molar-refractivity contribution is -0.122. The van der Waals surface area contributed by atoms with Gasteiger partial charge < -0.3 is 5.11 Å². The van der Waals surface area contributed by atoms with Gasteiger partial charge in [-0.2, -0.15) is 0 Å². The predicted molar refractivity (Wildman–Crippen MR) is 82.3 cm³/mol. The number of phenolic OH excluding ortho intramolecular Hbond substituents is 1. The van der Waals surface area contributed by atoms with E-state index >= 15 is 0 Å². The van der Waals surface area contributed by atoms with Crippen molar-refractivity contribution < 1.29 is 14.7 Å². The van der Waals surface area contributed by atoms with Crippen molar-refractivity contribution >= 4 is 51.6 Å². The van der Waals surface area contributed by atoms with Crippen LogP contribution in [0.25, 0.3) is 6.08 Å². The quantitative estimate of drug-likeness (QED) is 0.483. The number of aromatic hydroxyl groups is 1. The molecule has 1 aliphatic rings. The molecular formula is C13H8INO3S. The fourth-order valence-corrected chi connectivity index (χ4v) is 2.87. The molecule has 0 unspecified atom stereocenters. The Kier molecular flexibility index (Phi) is 4.17. The number of hydrogen-bond donors (Lipinski definition) is 1. The smallest absolute Gasteiger partial charge is 0.294 e. The maximum atomic E-state index is 11.9. The second kappa shape index (κ2) is 5.67. The first-order valence-electron chi connectivity index (χ1n) is 5.20. The Hall–Kier alpha value is -1.46. The normalized spacial score (nSPS) is 17.1. The minimum Gasteiger partial charge on any atom is -0.507 e. The SMILES string of the molecule is C#CCN1C(=O)S/C(=C\c2ccc(O)c(I)c2)C1=O. The molecule has 0 atom stereocenters. The van der Waals surface area contributed by atoms with Gasteiger partial charge in [-0.15, -0.1) is 6.42 Å². The van der Waals surface area contributed by atoms with Gasteiger partial charge in [0.2, 0.25) is 0 Å². The zero-order valence-electron chi connectivity index (χ0n) is 9.59. The lowest BCUT2D eigenvalue weighted by Crippen LogP contribution is -2.28. The van der Waals surface area contributed by atoms with E-state index in [-0.39, 0.29) is 23.4 Å². The van der Waals surface area contributed by atoms with E-state index in [0.29, 0.717) is 8.48 Å². The van der Waals surface area contributed by atoms with Crippen molar-refractivity contribution in [3.8, 4) is 18.1 Å². The summed E-state index contributed by atoms with van der Waals surface area (Å²) in [6, 6.07) is 4.94. The van der Waals surface area contributed by atoms with Crippen molar-refractivity contribution in [2.24, 2.45) is 0 Å². The summed E-state index contributed by atoms with van der Waals surface area (Å²) < 4.78 is 0.675. The number of imide groups is 1. The topological polar surface area (TPSA) is 57.6 Å². The second-order valence-electron chi connectivity index (χ2n) is 3.68. The van der Waals surface area contributed by atoms with Crippen molar-refractivity contribution in [2.75, 3.05) is 6.54 Å². The van der Waals surface area contributed by atoms with Crippen LogP contribution in [0.15, 0.2) is 23.1 Å². The summed E-state index contributed by atoms with van der Waals surface area (Å²) in [5, 5.41) is 9.07. The van der Waals surface area contributed by atoms with E-state index in [9.17, 15) is 14.7 Å². The highest BCUT2D eigenvalue weighted by atomic mass is 127. The lowest BCUT2D eigenvalue weighted by atomic mass is 10.2. The van der Waals surface area contributed by atoms with Crippen LogP contribution in [0.4, 0.5) is 4.79 Å². The number of benzene rings is 1. The fourth-order valence-electron chi connectivity index (χ4n) is 1.49. The summed E-state index contributed by atoms with van der Waals surface area (Å²) in [6.07, 6.45) is 6.73. The van der Waals surface area contributed by atoms with Crippen LogP contribution < -0.4 is 0 Å². The number of thioether (sulfide) groups is 1. The van der Waals surface area contributed by atoms with Gasteiger partial charge in [0.25, 0.3) is 11.1 Å². The molecular weight excluding hydrogens is 377 g/mol. The molecule has 1 saturated heterocycles. The molecule has 6 heteroatoms. The number of carbonyl (C=O) groups is 2. The number of terminal acetylenes is 1. The molecule has 1 aromatic carbocycles. The van der Waals surface area contributed by atoms with E-state index in [0.717, 1.165) is 22.2 Å². The molecule has 96 valence electrons. The second-order valence-corrected chi connectivity index (χ2v) is 5.84. The number of halogens is 1. The van der Waals surface area contributed by atoms with Gasteiger partial charge in [0.1, 0.15) is 5.75 Å². The van der Waals surface area contributed by atoms with Gasteiger partial charge in [0, 0.05) is 0 Å². The maximum Gasteiger partial charge on any atom is 0.294 e. The highest BCUT2D eigenvalue weighted by Gasteiger charge is 2.34. The lowest BCUT2D eigenvalue weighted by Gasteiger charge is -2.06. The van der Waals surface area contributed by atoms with Crippen LogP contribution >= 0.6 is 34.4 Å². The molecule has 0 radical (unpaired) electrons. The van der Waals surface area contributed by atoms with Gasteiger partial charge >= 0.3 is 0 Å². The molecule has 1 aliphatic heterocycles. The average molecular weight is 385 g/mol. The Morgan fingerprint density at radius 1 is 1.47 bits per heavy atom. The van der Waals surface area contributed by atoms with Crippen molar-refractivity contribution in [2.45, 2.75) is 0 Å². The molecule has 4 nitrogen and oxygen atoms in total.